The lowest BCUT2D eigenvalue weighted by molar-refractivity contribution is 0.288. The van der Waals surface area contributed by atoms with E-state index in [1.807, 2.05) is 11.9 Å². The van der Waals surface area contributed by atoms with Crippen LogP contribution in [0.3, 0.4) is 0 Å². The first-order valence-corrected chi connectivity index (χ1v) is 7.29. The number of aromatic nitrogens is 2. The van der Waals surface area contributed by atoms with Crippen molar-refractivity contribution < 1.29 is 8.99 Å². The Morgan fingerprint density at radius 1 is 1.40 bits per heavy atom. The molecule has 0 spiro atoms. The molecule has 6 nitrogen and oxygen atoms in total. The van der Waals surface area contributed by atoms with Crippen LogP contribution in [0.2, 0.25) is 0 Å². The van der Waals surface area contributed by atoms with Crippen molar-refractivity contribution in [3.63, 3.8) is 0 Å². The van der Waals surface area contributed by atoms with E-state index in [9.17, 15) is 8.68 Å². The number of hydrogen-bond donors (Lipinski definition) is 1. The highest BCUT2D eigenvalue weighted by Crippen LogP contribution is 2.13. The van der Waals surface area contributed by atoms with Gasteiger partial charge >= 0.3 is 5.56 Å². The van der Waals surface area contributed by atoms with Crippen LogP contribution in [-0.4, -0.2) is 58.8 Å². The smallest absolute Gasteiger partial charge is 0.305 e. The lowest BCUT2D eigenvalue weighted by Crippen LogP contribution is -2.47. The molecule has 112 valence electrons. The van der Waals surface area contributed by atoms with Crippen LogP contribution in [0.1, 0.15) is 12.1 Å². The highest BCUT2D eigenvalue weighted by molar-refractivity contribution is 7.92. The van der Waals surface area contributed by atoms with Gasteiger partial charge in [0.2, 0.25) is 0 Å². The van der Waals surface area contributed by atoms with Crippen LogP contribution < -0.4 is 10.5 Å². The molecule has 0 bridgehead atoms. The third-order valence-electron chi connectivity index (χ3n) is 3.38. The van der Waals surface area contributed by atoms with Gasteiger partial charge in [-0.2, -0.15) is 0 Å². The van der Waals surface area contributed by atoms with Gasteiger partial charge in [0.15, 0.2) is 18.2 Å². The van der Waals surface area contributed by atoms with Crippen molar-refractivity contribution in [2.75, 3.05) is 44.7 Å². The Morgan fingerprint density at radius 2 is 2.10 bits per heavy atom. The second-order valence-electron chi connectivity index (χ2n) is 4.87. The predicted octanol–water partition coefficient (Wildman–Crippen LogP) is 0.301. The molecule has 1 aliphatic heterocycles. The molecule has 2 rings (SSSR count). The molecule has 0 aromatic carbocycles. The molecule has 1 fully saturated rings. The summed E-state index contributed by atoms with van der Waals surface area (Å²) in [5, 5.41) is 8.86. The molecule has 20 heavy (non-hydrogen) atoms. The van der Waals surface area contributed by atoms with Crippen molar-refractivity contribution in [3.05, 3.63) is 22.2 Å². The van der Waals surface area contributed by atoms with Gasteiger partial charge in [-0.3, -0.25) is 4.79 Å². The van der Waals surface area contributed by atoms with Crippen LogP contribution in [0.4, 0.5) is 9.70 Å². The van der Waals surface area contributed by atoms with Gasteiger partial charge in [-0.15, -0.1) is 3.89 Å². The van der Waals surface area contributed by atoms with Crippen molar-refractivity contribution in [3.8, 4) is 0 Å². The first-order chi connectivity index (χ1) is 9.65. The Labute approximate surface area is 121 Å². The number of piperazine rings is 1. The summed E-state index contributed by atoms with van der Waals surface area (Å²) in [5.41, 5.74) is 0.201. The third-order valence-corrected chi connectivity index (χ3v) is 3.80. The molecule has 0 saturated carbocycles. The fraction of sp³-hybridized carbons (Fsp3) is 0.667. The topological polar surface area (TPSA) is 61.6 Å². The van der Waals surface area contributed by atoms with E-state index in [1.54, 1.807) is 0 Å². The lowest BCUT2D eigenvalue weighted by atomic mass is 10.2. The second-order valence-corrected chi connectivity index (χ2v) is 5.40. The summed E-state index contributed by atoms with van der Waals surface area (Å²) in [6.45, 7) is 3.17. The molecule has 0 radical (unpaired) electrons. The van der Waals surface area contributed by atoms with Crippen molar-refractivity contribution >= 4 is 18.2 Å². The lowest BCUT2D eigenvalue weighted by Gasteiger charge is -2.32. The highest BCUT2D eigenvalue weighted by atomic mass is 32.2. The number of aliphatic hydroxyl groups is 1. The second kappa shape index (κ2) is 7.05. The van der Waals surface area contributed by atoms with E-state index in [4.69, 9.17) is 5.11 Å². The van der Waals surface area contributed by atoms with E-state index < -0.39 is 5.56 Å². The Bertz CT molecular complexity index is 503. The summed E-state index contributed by atoms with van der Waals surface area (Å²) >= 11 is -0.114. The monoisotopic (exact) mass is 302 g/mol. The maximum atomic E-state index is 12.9. The molecule has 0 atom stereocenters. The molecule has 0 amide bonds. The number of nitrogens with zero attached hydrogens (tertiary/aromatic N) is 4. The van der Waals surface area contributed by atoms with E-state index in [0.29, 0.717) is 37.4 Å². The Hall–Kier alpha value is -1.12. The molecular weight excluding hydrogens is 283 g/mol. The van der Waals surface area contributed by atoms with Crippen LogP contribution in [-0.2, 0) is 6.42 Å². The minimum atomic E-state index is -0.421. The number of rotatable bonds is 5. The van der Waals surface area contributed by atoms with E-state index in [0.717, 1.165) is 17.1 Å². The quantitative estimate of drug-likeness (QED) is 0.844. The van der Waals surface area contributed by atoms with Crippen LogP contribution in [0.15, 0.2) is 11.0 Å². The normalized spacial score (nSPS) is 16.6. The molecule has 8 heteroatoms. The van der Waals surface area contributed by atoms with Crippen molar-refractivity contribution in [2.45, 2.75) is 12.8 Å². The van der Waals surface area contributed by atoms with Crippen molar-refractivity contribution in [1.29, 1.82) is 0 Å². The zero-order valence-corrected chi connectivity index (χ0v) is 12.3. The Morgan fingerprint density at radius 3 is 2.70 bits per heavy atom. The van der Waals surface area contributed by atoms with Crippen LogP contribution in [0.25, 0.3) is 0 Å². The van der Waals surface area contributed by atoms with Gasteiger partial charge in [-0.1, -0.05) is 0 Å². The number of aliphatic hydroxyl groups excluding tert-OH is 1. The Kier molecular flexibility index (Phi) is 5.38. The fourth-order valence-corrected chi connectivity index (χ4v) is 2.47. The number of hydrogen-bond acceptors (Lipinski definition) is 6. The molecule has 1 saturated heterocycles. The zero-order valence-electron chi connectivity index (χ0n) is 11.5. The average molecular weight is 302 g/mol. The summed E-state index contributed by atoms with van der Waals surface area (Å²) in [6.07, 6.45) is 2.48. The summed E-state index contributed by atoms with van der Waals surface area (Å²) in [7, 11) is 2.03. The molecule has 0 unspecified atom stereocenters. The first-order valence-electron chi connectivity index (χ1n) is 6.61. The minimum absolute atomic E-state index is 0.0490. The van der Waals surface area contributed by atoms with Crippen LogP contribution >= 0.6 is 12.3 Å². The van der Waals surface area contributed by atoms with Gasteiger partial charge in [-0.25, -0.2) is 8.96 Å². The Balaban J connectivity index is 2.27. The molecule has 1 aromatic heterocycles. The number of halogens is 1. The minimum Gasteiger partial charge on any atom is -0.396 e. The van der Waals surface area contributed by atoms with E-state index in [-0.39, 0.29) is 18.9 Å². The number of likely N-dealkylation sites (N-methyl/N-ethyl adjacent to an activating group) is 1. The summed E-state index contributed by atoms with van der Waals surface area (Å²) in [6, 6.07) is 0. The van der Waals surface area contributed by atoms with Crippen LogP contribution in [0, 0.1) is 0 Å². The maximum Gasteiger partial charge on any atom is 0.305 e. The van der Waals surface area contributed by atoms with Crippen molar-refractivity contribution in [1.82, 2.24) is 13.9 Å². The predicted molar refractivity (Wildman–Crippen MR) is 77.7 cm³/mol. The molecular formula is C12H19FN4O2S. The van der Waals surface area contributed by atoms with Gasteiger partial charge in [-0.05, 0) is 19.9 Å². The van der Waals surface area contributed by atoms with Crippen LogP contribution in [0.5, 0.6) is 0 Å². The number of anilines is 1. The molecule has 1 N–H and O–H groups in total. The highest BCUT2D eigenvalue weighted by Gasteiger charge is 2.20. The van der Waals surface area contributed by atoms with Gasteiger partial charge in [0.05, 0.1) is 5.69 Å². The molecule has 1 aromatic rings. The molecule has 2 heterocycles. The van der Waals surface area contributed by atoms with Gasteiger partial charge in [0.1, 0.15) is 0 Å². The first kappa shape index (κ1) is 15.3. The molecule has 1 aliphatic rings. The SMILES string of the molecule is CN1CCN(c2nc(CCCO)cn(SF)c2=O)CC1. The van der Waals surface area contributed by atoms with Gasteiger partial charge < -0.3 is 14.9 Å². The fourth-order valence-electron chi connectivity index (χ4n) is 2.16. The maximum absolute atomic E-state index is 12.9. The summed E-state index contributed by atoms with van der Waals surface area (Å²) in [4.78, 5) is 20.6. The third kappa shape index (κ3) is 3.50. The average Bonchev–Trinajstić information content (AvgIpc) is 2.47. The summed E-state index contributed by atoms with van der Waals surface area (Å²) in [5.74, 6) is 0.304. The van der Waals surface area contributed by atoms with E-state index >= 15 is 0 Å². The summed E-state index contributed by atoms with van der Waals surface area (Å²) < 4.78 is 13.8. The largest absolute Gasteiger partial charge is 0.396 e. The molecule has 0 aliphatic carbocycles. The van der Waals surface area contributed by atoms with Gasteiger partial charge in [0.25, 0.3) is 0 Å². The van der Waals surface area contributed by atoms with E-state index in [2.05, 4.69) is 9.88 Å². The van der Waals surface area contributed by atoms with Gasteiger partial charge in [0, 0.05) is 39.0 Å². The standard InChI is InChI=1S/C12H19FN4O2S/c1-15-4-6-16(7-5-15)11-12(19)17(20-13)9-10(14-11)3-2-8-18/h9,18H,2-8H2,1H3. The van der Waals surface area contributed by atoms with E-state index in [1.165, 1.54) is 6.20 Å². The van der Waals surface area contributed by atoms with Crippen molar-refractivity contribution in [2.24, 2.45) is 0 Å². The number of aryl methyl sites for hydroxylation is 1. The zero-order chi connectivity index (χ0) is 14.5.